The molecule has 3 aromatic rings. The number of aromatic amines is 1. The van der Waals surface area contributed by atoms with Crippen molar-refractivity contribution in [1.82, 2.24) is 9.88 Å². The van der Waals surface area contributed by atoms with Crippen molar-refractivity contribution in [2.75, 3.05) is 12.4 Å². The molecule has 3 rings (SSSR count). The van der Waals surface area contributed by atoms with Crippen LogP contribution in [0, 0.1) is 17.5 Å². The molecule has 5 nitrogen and oxygen atoms in total. The van der Waals surface area contributed by atoms with E-state index in [1.807, 2.05) is 0 Å². The molecule has 2 aromatic carbocycles. The van der Waals surface area contributed by atoms with Crippen molar-refractivity contribution in [3.63, 3.8) is 0 Å². The van der Waals surface area contributed by atoms with Gasteiger partial charge in [-0.25, -0.2) is 26.7 Å². The minimum atomic E-state index is -3.05. The fraction of sp³-hybridized carbons (Fsp3) is 0.200. The zero-order valence-electron chi connectivity index (χ0n) is 15.8. The Morgan fingerprint density at radius 1 is 1.00 bits per heavy atom. The van der Waals surface area contributed by atoms with Crippen LogP contribution in [0.1, 0.15) is 30.5 Å². The number of anilines is 1. The molecule has 2 N–H and O–H groups in total. The highest BCUT2D eigenvalue weighted by atomic mass is 19.3. The van der Waals surface area contributed by atoms with Crippen molar-refractivity contribution >= 4 is 22.5 Å². The minimum Gasteiger partial charge on any atom is -0.328 e. The zero-order chi connectivity index (χ0) is 22.2. The van der Waals surface area contributed by atoms with Crippen LogP contribution in [0.4, 0.5) is 32.4 Å². The van der Waals surface area contributed by atoms with Crippen LogP contribution in [0.25, 0.3) is 10.8 Å². The maximum atomic E-state index is 13.7. The maximum Gasteiger partial charge on any atom is 0.322 e. The van der Waals surface area contributed by atoms with E-state index in [4.69, 9.17) is 0 Å². The Bertz CT molecular complexity index is 1180. The lowest BCUT2D eigenvalue weighted by Gasteiger charge is -2.26. The summed E-state index contributed by atoms with van der Waals surface area (Å²) < 4.78 is 66.4. The molecule has 30 heavy (non-hydrogen) atoms. The van der Waals surface area contributed by atoms with E-state index in [-0.39, 0.29) is 16.5 Å². The van der Waals surface area contributed by atoms with E-state index in [0.717, 1.165) is 30.3 Å². The maximum absolute atomic E-state index is 13.7. The largest absolute Gasteiger partial charge is 0.328 e. The van der Waals surface area contributed by atoms with Gasteiger partial charge in [-0.2, -0.15) is 0 Å². The number of fused-ring (bicyclic) bond motifs is 1. The van der Waals surface area contributed by atoms with Crippen LogP contribution < -0.4 is 10.9 Å². The summed E-state index contributed by atoms with van der Waals surface area (Å²) in [7, 11) is 1.38. The number of aromatic nitrogens is 1. The van der Waals surface area contributed by atoms with Crippen LogP contribution in [0.15, 0.2) is 41.3 Å². The zero-order valence-corrected chi connectivity index (χ0v) is 15.8. The number of halogens is 5. The summed E-state index contributed by atoms with van der Waals surface area (Å²) in [5.74, 6) is -3.44. The molecular weight excluding hydrogens is 409 g/mol. The minimum absolute atomic E-state index is 0.0461. The second kappa shape index (κ2) is 8.13. The predicted octanol–water partition coefficient (Wildman–Crippen LogP) is 5.11. The standard InChI is InChI=1S/C20H16F5N3O2/c1-9(14-8-26-19(29)12-7-17(23)16(22)6-11(12)14)28(2)20(30)27-10-3-4-15(21)13(5-10)18(24)25/h3-9,18H,1-2H3,(H,26,29)(H,27,30)/t9-/m1/s1. The molecule has 158 valence electrons. The van der Waals surface area contributed by atoms with Gasteiger partial charge < -0.3 is 15.2 Å². The van der Waals surface area contributed by atoms with Gasteiger partial charge in [-0.15, -0.1) is 0 Å². The summed E-state index contributed by atoms with van der Waals surface area (Å²) in [4.78, 5) is 28.1. The van der Waals surface area contributed by atoms with Crippen molar-refractivity contribution in [2.24, 2.45) is 0 Å². The number of amides is 2. The van der Waals surface area contributed by atoms with Gasteiger partial charge in [-0.1, -0.05) is 0 Å². The lowest BCUT2D eigenvalue weighted by Crippen LogP contribution is -2.34. The van der Waals surface area contributed by atoms with Gasteiger partial charge in [-0.3, -0.25) is 4.79 Å². The van der Waals surface area contributed by atoms with Crippen molar-refractivity contribution in [3.8, 4) is 0 Å². The van der Waals surface area contributed by atoms with Crippen LogP contribution in [-0.4, -0.2) is 23.0 Å². The number of nitrogens with zero attached hydrogens (tertiary/aromatic N) is 1. The monoisotopic (exact) mass is 425 g/mol. The molecule has 10 heteroatoms. The van der Waals surface area contributed by atoms with E-state index < -0.39 is 47.1 Å². The van der Waals surface area contributed by atoms with Crippen LogP contribution >= 0.6 is 0 Å². The average molecular weight is 425 g/mol. The molecule has 0 aliphatic rings. The molecule has 0 radical (unpaired) electrons. The Hall–Kier alpha value is -3.43. The van der Waals surface area contributed by atoms with Gasteiger partial charge in [0, 0.05) is 18.9 Å². The van der Waals surface area contributed by atoms with E-state index in [1.54, 1.807) is 6.92 Å². The number of carbonyl (C=O) groups excluding carboxylic acids is 1. The first-order chi connectivity index (χ1) is 14.1. The molecule has 0 aliphatic heterocycles. The Morgan fingerprint density at radius 3 is 2.27 bits per heavy atom. The topological polar surface area (TPSA) is 65.2 Å². The van der Waals surface area contributed by atoms with E-state index >= 15 is 0 Å². The van der Waals surface area contributed by atoms with Gasteiger partial charge in [0.15, 0.2) is 11.6 Å². The van der Waals surface area contributed by atoms with Crippen LogP contribution in [0.2, 0.25) is 0 Å². The number of benzene rings is 2. The normalized spacial score (nSPS) is 12.3. The lowest BCUT2D eigenvalue weighted by atomic mass is 10.0. The van der Waals surface area contributed by atoms with Gasteiger partial charge in [0.05, 0.1) is 17.0 Å². The van der Waals surface area contributed by atoms with E-state index in [1.165, 1.54) is 18.1 Å². The predicted molar refractivity (Wildman–Crippen MR) is 101 cm³/mol. The Kier molecular flexibility index (Phi) is 5.77. The third-order valence-electron chi connectivity index (χ3n) is 4.81. The highest BCUT2D eigenvalue weighted by molar-refractivity contribution is 5.90. The summed E-state index contributed by atoms with van der Waals surface area (Å²) in [6, 6.07) is 2.94. The van der Waals surface area contributed by atoms with E-state index in [2.05, 4.69) is 10.3 Å². The number of alkyl halides is 2. The highest BCUT2D eigenvalue weighted by Gasteiger charge is 2.22. The molecule has 0 aliphatic carbocycles. The van der Waals surface area contributed by atoms with Gasteiger partial charge in [-0.05, 0) is 48.2 Å². The van der Waals surface area contributed by atoms with Gasteiger partial charge in [0.25, 0.3) is 12.0 Å². The molecule has 0 bridgehead atoms. The number of rotatable bonds is 4. The molecule has 1 aromatic heterocycles. The number of carbonyl (C=O) groups is 1. The first-order valence-electron chi connectivity index (χ1n) is 8.72. The van der Waals surface area contributed by atoms with Gasteiger partial charge >= 0.3 is 6.03 Å². The van der Waals surface area contributed by atoms with Gasteiger partial charge in [0.2, 0.25) is 0 Å². The smallest absolute Gasteiger partial charge is 0.322 e. The molecule has 0 saturated heterocycles. The number of H-pyrrole nitrogens is 1. The molecule has 2 amide bonds. The third kappa shape index (κ3) is 3.98. The quantitative estimate of drug-likeness (QED) is 0.571. The number of nitrogens with one attached hydrogen (secondary N) is 2. The summed E-state index contributed by atoms with van der Waals surface area (Å²) in [6.45, 7) is 1.57. The molecule has 1 atom stereocenters. The second-order valence-electron chi connectivity index (χ2n) is 6.64. The fourth-order valence-electron chi connectivity index (χ4n) is 3.00. The molecular formula is C20H16F5N3O2. The third-order valence-corrected chi connectivity index (χ3v) is 4.81. The Balaban J connectivity index is 1.90. The lowest BCUT2D eigenvalue weighted by molar-refractivity contribution is 0.146. The van der Waals surface area contributed by atoms with Crippen LogP contribution in [-0.2, 0) is 0 Å². The first kappa shape index (κ1) is 21.3. The number of hydrogen-bond acceptors (Lipinski definition) is 2. The molecule has 0 fully saturated rings. The van der Waals surface area contributed by atoms with Crippen LogP contribution in [0.3, 0.4) is 0 Å². The molecule has 0 saturated carbocycles. The number of pyridine rings is 1. The Morgan fingerprint density at radius 2 is 1.63 bits per heavy atom. The summed E-state index contributed by atoms with van der Waals surface area (Å²) in [5.41, 5.74) is -1.20. The molecule has 0 unspecified atom stereocenters. The molecule has 0 spiro atoms. The number of urea groups is 1. The van der Waals surface area contributed by atoms with E-state index in [9.17, 15) is 31.5 Å². The Labute approximate surface area is 167 Å². The van der Waals surface area contributed by atoms with Crippen molar-refractivity contribution < 1.29 is 26.7 Å². The summed E-state index contributed by atoms with van der Waals surface area (Å²) >= 11 is 0. The SMILES string of the molecule is C[C@H](c1c[nH]c(=O)c2cc(F)c(F)cc12)N(C)C(=O)Nc1ccc(F)c(C(F)F)c1. The van der Waals surface area contributed by atoms with Crippen LogP contribution in [0.5, 0.6) is 0 Å². The fourth-order valence-corrected chi connectivity index (χ4v) is 3.00. The van der Waals surface area contributed by atoms with Crippen molar-refractivity contribution in [2.45, 2.75) is 19.4 Å². The summed E-state index contributed by atoms with van der Waals surface area (Å²) in [5, 5.41) is 2.40. The molecule has 1 heterocycles. The van der Waals surface area contributed by atoms with E-state index in [0.29, 0.717) is 5.56 Å². The number of hydrogen-bond donors (Lipinski definition) is 2. The highest BCUT2D eigenvalue weighted by Crippen LogP contribution is 2.28. The van der Waals surface area contributed by atoms with Crippen molar-refractivity contribution in [1.29, 1.82) is 0 Å². The average Bonchev–Trinajstić information content (AvgIpc) is 2.70. The van der Waals surface area contributed by atoms with Gasteiger partial charge in [0.1, 0.15) is 5.82 Å². The van der Waals surface area contributed by atoms with Crippen molar-refractivity contribution in [3.05, 3.63) is 75.5 Å². The first-order valence-corrected chi connectivity index (χ1v) is 8.72. The second-order valence-corrected chi connectivity index (χ2v) is 6.64. The summed E-state index contributed by atoms with van der Waals surface area (Å²) in [6.07, 6.45) is -1.77.